The molecule has 0 radical (unpaired) electrons. The molecule has 0 unspecified atom stereocenters. The molecule has 0 atom stereocenters. The van der Waals surface area contributed by atoms with Gasteiger partial charge in [-0.1, -0.05) is 0 Å². The number of benzene rings is 11. The zero-order valence-corrected chi connectivity index (χ0v) is 55.2. The number of hydrogen-bond donors (Lipinski definition) is 0. The molecule has 86 heavy (non-hydrogen) atoms. The van der Waals surface area contributed by atoms with Crippen LogP contribution < -0.4 is 49.7 Å². The van der Waals surface area contributed by atoms with Gasteiger partial charge in [-0.15, -0.1) is 0 Å². The van der Waals surface area contributed by atoms with Crippen LogP contribution in [0.25, 0.3) is 0 Å². The predicted octanol–water partition coefficient (Wildman–Crippen LogP) is 8.94. The van der Waals surface area contributed by atoms with Gasteiger partial charge in [-0.05, 0) is 0 Å². The monoisotopic (exact) mass is 1340 g/mol. The molecule has 3 aliphatic heterocycles. The zero-order chi connectivity index (χ0) is 58.0. The molecule has 0 saturated heterocycles. The molecule has 0 N–H and O–H groups in total. The summed E-state index contributed by atoms with van der Waals surface area (Å²) in [7, 11) is -4.58. The Morgan fingerprint density at radius 1 is 0.302 bits per heavy atom. The van der Waals surface area contributed by atoms with Crippen LogP contribution in [0, 0.1) is 0 Å². The zero-order valence-electron chi connectivity index (χ0n) is 48.1. The van der Waals surface area contributed by atoms with Crippen LogP contribution in [0.4, 0.5) is 17.1 Å². The van der Waals surface area contributed by atoms with E-state index >= 15 is 0 Å². The fraction of sp³-hybridized carbons (Fsp3) is 0.0641. The van der Waals surface area contributed by atoms with Crippen molar-refractivity contribution in [1.29, 1.82) is 0 Å². The summed E-state index contributed by atoms with van der Waals surface area (Å²) in [5.74, 6) is 0.471. The van der Waals surface area contributed by atoms with Crippen LogP contribution >= 0.6 is 0 Å². The summed E-state index contributed by atoms with van der Waals surface area (Å²) in [6, 6.07) is 109. The van der Waals surface area contributed by atoms with E-state index in [1.165, 1.54) is 70.4 Å². The minimum atomic E-state index is -2.50. The summed E-state index contributed by atoms with van der Waals surface area (Å²) in [6.07, 6.45) is 15.9. The second kappa shape index (κ2) is 26.7. The van der Waals surface area contributed by atoms with E-state index in [-0.39, 0.29) is 0 Å². The van der Waals surface area contributed by atoms with E-state index in [2.05, 4.69) is 360 Å². The van der Waals surface area contributed by atoms with Gasteiger partial charge in [0.25, 0.3) is 0 Å². The molecule has 3 heterocycles. The molecule has 1 aliphatic carbocycles. The molecule has 0 bridgehead atoms. The van der Waals surface area contributed by atoms with Crippen molar-refractivity contribution in [1.82, 2.24) is 0 Å². The fourth-order valence-corrected chi connectivity index (χ4v) is 30.6. The van der Waals surface area contributed by atoms with Gasteiger partial charge < -0.3 is 0 Å². The van der Waals surface area contributed by atoms with Crippen molar-refractivity contribution >= 4 is 146 Å². The molecule has 8 heteroatoms. The third-order valence-corrected chi connectivity index (χ3v) is 34.1. The fourth-order valence-electron chi connectivity index (χ4n) is 12.4. The third kappa shape index (κ3) is 11.8. The van der Waals surface area contributed by atoms with Crippen molar-refractivity contribution < 1.29 is 13.7 Å². The topological polar surface area (TPSA) is 9.03 Å². The Hall–Kier alpha value is -8.10. The Balaban J connectivity index is 0.000000123. The number of para-hydroxylation sites is 3. The van der Waals surface area contributed by atoms with E-state index in [4.69, 9.17) is 0 Å². The average Bonchev–Trinajstić information content (AvgIpc) is 0.877. The molecule has 0 fully saturated rings. The molecular weight excluding hydrogens is 1270 g/mol. The normalized spacial score (nSPS) is 14.1. The molecule has 0 aromatic heterocycles. The second-order valence-electron chi connectivity index (χ2n) is 21.8. The molecule has 15 rings (SSSR count). The summed E-state index contributed by atoms with van der Waals surface area (Å²) in [6.45, 7) is 2.52. The summed E-state index contributed by atoms with van der Waals surface area (Å²) in [5, 5.41) is 10.4. The Morgan fingerprint density at radius 3 is 0.988 bits per heavy atom. The van der Waals surface area contributed by atoms with Gasteiger partial charge in [0.2, 0.25) is 0 Å². The van der Waals surface area contributed by atoms with Gasteiger partial charge in [0.1, 0.15) is 0 Å². The van der Waals surface area contributed by atoms with Gasteiger partial charge in [-0.2, -0.15) is 0 Å². The maximum atomic E-state index is 2.52. The summed E-state index contributed by atoms with van der Waals surface area (Å²) >= 11 is 1.21. The summed E-state index contributed by atoms with van der Waals surface area (Å²) < 4.78 is 11.9. The molecular formula is C78H66N3Se3Si2+3. The van der Waals surface area contributed by atoms with Gasteiger partial charge in [-0.3, -0.25) is 0 Å². The first kappa shape index (κ1) is 57.0. The number of nitrogens with zero attached hydrogens (tertiary/aromatic N) is 3. The number of fused-ring (bicyclic) bond motifs is 3. The number of allylic oxidation sites excluding steroid dienone is 4. The third-order valence-electron chi connectivity index (χ3n) is 16.7. The van der Waals surface area contributed by atoms with Gasteiger partial charge >= 0.3 is 533 Å². The van der Waals surface area contributed by atoms with E-state index < -0.39 is 16.1 Å². The summed E-state index contributed by atoms with van der Waals surface area (Å²) in [5.41, 5.74) is 12.7. The van der Waals surface area contributed by atoms with Gasteiger partial charge in [0.15, 0.2) is 0 Å². The first-order valence-electron chi connectivity index (χ1n) is 29.5. The Morgan fingerprint density at radius 2 is 0.605 bits per heavy atom. The van der Waals surface area contributed by atoms with Crippen LogP contribution in [0.15, 0.2) is 322 Å². The number of hydrogen-bond acceptors (Lipinski definition) is 0. The standard InChI is InChI=1S/C32H26NSeSi.C27H24NSeSi.C19H16NSe/c1-5-15-27(16-6-1)33-24-26-14-13-23-31(32(26)34-25-33)35(28-17-7-2-8-18-28,29-19-9-3-10-20-29)30-21-11-4-12-22-30;1-30(24-15-7-3-8-16-24,25-17-9-4-10-18-25)26-19-11-12-22-20-28(21-29-27(22)26)23-13-5-2-6-14-23;1-2-10-17(11-3-1)20-13-16-9-6-12-18(19(16)21-14-20)15-7-4-5-8-15/h1-24H,25H2;2-20H,21H2,1H3;1-13,15H,14H2/q3*+1. The molecule has 11 aromatic carbocycles. The average molecular weight is 1340 g/mol. The van der Waals surface area contributed by atoms with E-state index in [1.54, 1.807) is 18.6 Å². The van der Waals surface area contributed by atoms with Crippen LogP contribution in [0.2, 0.25) is 6.55 Å². The van der Waals surface area contributed by atoms with Crippen molar-refractivity contribution in [3.8, 4) is 0 Å². The SMILES string of the molecule is C1=CC(c2cccc3c2[Se]C[N+](c2ccccc2)=C3)C=C1.C1=[N+](c2ccccc2)C[Se]c2c1cccc2[Si](c1ccccc1)(c1ccccc1)c1ccccc1.C[Si](c1ccccc1)(c1ccccc1)c1cccc2c1[Se]C[N+](c1ccccc1)=C2. The molecule has 0 spiro atoms. The molecule has 0 amide bonds. The van der Waals surface area contributed by atoms with Crippen molar-refractivity contribution in [2.24, 2.45) is 0 Å². The van der Waals surface area contributed by atoms with E-state index in [9.17, 15) is 0 Å². The van der Waals surface area contributed by atoms with Crippen LogP contribution in [0.1, 0.15) is 28.2 Å². The van der Waals surface area contributed by atoms with Crippen molar-refractivity contribution in [2.45, 2.75) is 12.5 Å². The maximum absolute atomic E-state index is 2.52. The second-order valence-corrected chi connectivity index (χ2v) is 35.6. The van der Waals surface area contributed by atoms with Crippen LogP contribution in [-0.4, -0.2) is 110 Å². The molecule has 0 saturated carbocycles. The van der Waals surface area contributed by atoms with Crippen molar-refractivity contribution in [2.75, 3.05) is 16.3 Å². The Kier molecular flexibility index (Phi) is 17.7. The van der Waals surface area contributed by atoms with Crippen LogP contribution in [-0.2, 0) is 0 Å². The molecule has 3 nitrogen and oxygen atoms in total. The van der Waals surface area contributed by atoms with E-state index in [0.717, 1.165) is 16.3 Å². The summed E-state index contributed by atoms with van der Waals surface area (Å²) in [4.78, 5) is 0. The Bertz CT molecular complexity index is 4130. The quantitative estimate of drug-likeness (QED) is 0.0696. The molecule has 4 aliphatic rings. The van der Waals surface area contributed by atoms with Crippen molar-refractivity contribution in [3.63, 3.8) is 0 Å². The molecule has 416 valence electrons. The van der Waals surface area contributed by atoms with Crippen LogP contribution in [0.5, 0.6) is 0 Å². The first-order valence-corrected chi connectivity index (χ1v) is 40.2. The molecule has 11 aromatic rings. The number of rotatable bonds is 11. The van der Waals surface area contributed by atoms with E-state index in [0.29, 0.717) is 50.8 Å². The van der Waals surface area contributed by atoms with Gasteiger partial charge in [0.05, 0.1) is 0 Å². The van der Waals surface area contributed by atoms with Crippen molar-refractivity contribution in [3.05, 3.63) is 344 Å². The minimum absolute atomic E-state index is 0.326. The first-order chi connectivity index (χ1) is 42.6. The van der Waals surface area contributed by atoms with E-state index in [1.807, 2.05) is 0 Å². The van der Waals surface area contributed by atoms with Gasteiger partial charge in [-0.25, -0.2) is 0 Å². The van der Waals surface area contributed by atoms with Crippen LogP contribution in [0.3, 0.4) is 0 Å². The Labute approximate surface area is 528 Å². The van der Waals surface area contributed by atoms with Gasteiger partial charge in [0, 0.05) is 0 Å². The predicted molar refractivity (Wildman–Crippen MR) is 373 cm³/mol.